The lowest BCUT2D eigenvalue weighted by Crippen LogP contribution is -2.34. The Kier molecular flexibility index (Phi) is 5.43. The molecule has 2 aromatic heterocycles. The molecule has 0 radical (unpaired) electrons. The van der Waals surface area contributed by atoms with Crippen LogP contribution in [0.15, 0.2) is 30.6 Å². The molecule has 1 aliphatic heterocycles. The van der Waals surface area contributed by atoms with E-state index >= 15 is 0 Å². The lowest BCUT2D eigenvalue weighted by atomic mass is 10.0. The largest absolute Gasteiger partial charge is 0.489 e. The molecule has 3 aromatic rings. The average molecular weight is 451 g/mol. The van der Waals surface area contributed by atoms with E-state index < -0.39 is 29.6 Å². The molecule has 1 aromatic carbocycles. The van der Waals surface area contributed by atoms with Gasteiger partial charge in [-0.2, -0.15) is 18.3 Å². The van der Waals surface area contributed by atoms with E-state index in [4.69, 9.17) is 4.74 Å². The SMILES string of the molecule is CC(C)N1Cc2c(ccc(F)c2C(F)(F)F)O[C@@H](C)CNC(=O)c2cnn3ccc1nc23. The Hall–Kier alpha value is -3.37. The molecule has 0 saturated carbocycles. The van der Waals surface area contributed by atoms with E-state index in [1.807, 2.05) is 0 Å². The number of rotatable bonds is 1. The zero-order valence-electron chi connectivity index (χ0n) is 17.6. The van der Waals surface area contributed by atoms with Crippen LogP contribution >= 0.6 is 0 Å². The van der Waals surface area contributed by atoms with Crippen molar-refractivity contribution in [1.82, 2.24) is 19.9 Å². The second kappa shape index (κ2) is 7.95. The first-order chi connectivity index (χ1) is 15.1. The standard InChI is InChI=1S/C21H21F4N5O2/c1-11(2)29-10-14-16(5-4-15(22)18(14)21(23,24)25)32-12(3)8-26-20(31)13-9-27-30-7-6-17(29)28-19(13)30/h4-7,9,11-12H,8,10H2,1-3H3,(H,26,31)/t12-/m0/s1. The molecule has 1 amide bonds. The van der Waals surface area contributed by atoms with Gasteiger partial charge in [-0.3, -0.25) is 4.79 Å². The van der Waals surface area contributed by atoms with E-state index in [0.717, 1.165) is 6.07 Å². The molecule has 11 heteroatoms. The number of carbonyl (C=O) groups is 1. The third kappa shape index (κ3) is 3.94. The molecule has 1 N–H and O–H groups in total. The van der Waals surface area contributed by atoms with Gasteiger partial charge in [-0.1, -0.05) is 0 Å². The normalized spacial score (nSPS) is 17.4. The first-order valence-corrected chi connectivity index (χ1v) is 10.0. The molecule has 3 heterocycles. The van der Waals surface area contributed by atoms with Crippen LogP contribution < -0.4 is 15.0 Å². The predicted molar refractivity (Wildman–Crippen MR) is 108 cm³/mol. The number of anilines is 1. The van der Waals surface area contributed by atoms with Gasteiger partial charge < -0.3 is 15.0 Å². The van der Waals surface area contributed by atoms with Crippen LogP contribution in [0.3, 0.4) is 0 Å². The topological polar surface area (TPSA) is 71.8 Å². The number of halogens is 4. The maximum atomic E-state index is 14.4. The molecule has 0 saturated heterocycles. The molecular weight excluding hydrogens is 430 g/mol. The van der Waals surface area contributed by atoms with Crippen molar-refractivity contribution in [3.8, 4) is 5.75 Å². The van der Waals surface area contributed by atoms with E-state index in [-0.39, 0.29) is 41.7 Å². The molecule has 170 valence electrons. The highest BCUT2D eigenvalue weighted by Crippen LogP contribution is 2.40. The number of fused-ring (bicyclic) bond motifs is 2. The van der Waals surface area contributed by atoms with Crippen LogP contribution in [0.1, 0.15) is 42.3 Å². The number of hydrogen-bond acceptors (Lipinski definition) is 5. The summed E-state index contributed by atoms with van der Waals surface area (Å²) in [5, 5.41) is 6.79. The summed E-state index contributed by atoms with van der Waals surface area (Å²) < 4.78 is 63.1. The van der Waals surface area contributed by atoms with E-state index in [9.17, 15) is 22.4 Å². The maximum Gasteiger partial charge on any atom is 0.419 e. The van der Waals surface area contributed by atoms with Gasteiger partial charge in [0.15, 0.2) is 5.65 Å². The van der Waals surface area contributed by atoms with E-state index in [2.05, 4.69) is 15.4 Å². The van der Waals surface area contributed by atoms with Gasteiger partial charge in [0.25, 0.3) is 5.91 Å². The van der Waals surface area contributed by atoms with Crippen molar-refractivity contribution in [1.29, 1.82) is 0 Å². The lowest BCUT2D eigenvalue weighted by Gasteiger charge is -2.30. The fraction of sp³-hybridized carbons (Fsp3) is 0.381. The number of amides is 1. The number of carbonyl (C=O) groups excluding carboxylic acids is 1. The predicted octanol–water partition coefficient (Wildman–Crippen LogP) is 3.81. The smallest absolute Gasteiger partial charge is 0.419 e. The highest BCUT2D eigenvalue weighted by atomic mass is 19.4. The van der Waals surface area contributed by atoms with E-state index in [1.54, 1.807) is 37.9 Å². The van der Waals surface area contributed by atoms with Crippen LogP contribution in [0.4, 0.5) is 23.4 Å². The number of aromatic nitrogens is 3. The molecule has 2 bridgehead atoms. The highest BCUT2D eigenvalue weighted by molar-refractivity contribution is 5.99. The Labute approximate surface area is 181 Å². The Morgan fingerprint density at radius 2 is 2.00 bits per heavy atom. The van der Waals surface area contributed by atoms with Gasteiger partial charge in [-0.25, -0.2) is 13.9 Å². The Balaban J connectivity index is 1.95. The minimum atomic E-state index is -4.93. The molecule has 7 nitrogen and oxygen atoms in total. The van der Waals surface area contributed by atoms with Crippen LogP contribution in [-0.4, -0.2) is 39.2 Å². The monoisotopic (exact) mass is 451 g/mol. The minimum Gasteiger partial charge on any atom is -0.489 e. The van der Waals surface area contributed by atoms with Crippen molar-refractivity contribution < 1.29 is 27.1 Å². The lowest BCUT2D eigenvalue weighted by molar-refractivity contribution is -0.140. The van der Waals surface area contributed by atoms with Crippen LogP contribution in [-0.2, 0) is 12.7 Å². The molecule has 32 heavy (non-hydrogen) atoms. The van der Waals surface area contributed by atoms with Crippen molar-refractivity contribution in [3.05, 3.63) is 53.1 Å². The average Bonchev–Trinajstić information content (AvgIpc) is 3.13. The van der Waals surface area contributed by atoms with Crippen molar-refractivity contribution >= 4 is 17.4 Å². The zero-order chi connectivity index (χ0) is 23.2. The molecule has 0 aliphatic carbocycles. The van der Waals surface area contributed by atoms with Crippen molar-refractivity contribution in [2.24, 2.45) is 0 Å². The van der Waals surface area contributed by atoms with Crippen LogP contribution in [0.2, 0.25) is 0 Å². The van der Waals surface area contributed by atoms with Crippen molar-refractivity contribution in [2.75, 3.05) is 11.4 Å². The summed E-state index contributed by atoms with van der Waals surface area (Å²) in [4.78, 5) is 18.7. The second-order valence-electron chi connectivity index (χ2n) is 7.87. The number of ether oxygens (including phenoxy) is 1. The Morgan fingerprint density at radius 3 is 2.69 bits per heavy atom. The summed E-state index contributed by atoms with van der Waals surface area (Å²) in [7, 11) is 0. The van der Waals surface area contributed by atoms with Crippen LogP contribution in [0, 0.1) is 5.82 Å². The number of hydrogen-bond donors (Lipinski definition) is 1. The molecule has 4 rings (SSSR count). The third-order valence-corrected chi connectivity index (χ3v) is 5.23. The fourth-order valence-electron chi connectivity index (χ4n) is 3.64. The second-order valence-corrected chi connectivity index (χ2v) is 7.87. The first-order valence-electron chi connectivity index (χ1n) is 10.0. The molecule has 0 unspecified atom stereocenters. The third-order valence-electron chi connectivity index (χ3n) is 5.23. The quantitative estimate of drug-likeness (QED) is 0.570. The number of nitrogens with zero attached hydrogens (tertiary/aromatic N) is 4. The Bertz CT molecular complexity index is 1170. The summed E-state index contributed by atoms with van der Waals surface area (Å²) in [6.07, 6.45) is -2.67. The van der Waals surface area contributed by atoms with Gasteiger partial charge >= 0.3 is 6.18 Å². The Morgan fingerprint density at radius 1 is 1.25 bits per heavy atom. The van der Waals surface area contributed by atoms with Gasteiger partial charge in [-0.05, 0) is 39.0 Å². The summed E-state index contributed by atoms with van der Waals surface area (Å²) in [5.74, 6) is -1.60. The van der Waals surface area contributed by atoms with Gasteiger partial charge in [0.05, 0.1) is 18.3 Å². The molecule has 1 atom stereocenters. The summed E-state index contributed by atoms with van der Waals surface area (Å²) in [6.45, 7) is 4.88. The van der Waals surface area contributed by atoms with E-state index in [1.165, 1.54) is 16.8 Å². The first kappa shape index (κ1) is 21.8. The van der Waals surface area contributed by atoms with Crippen molar-refractivity contribution in [3.63, 3.8) is 0 Å². The van der Waals surface area contributed by atoms with Gasteiger partial charge in [-0.15, -0.1) is 0 Å². The van der Waals surface area contributed by atoms with Gasteiger partial charge in [0.1, 0.15) is 29.1 Å². The summed E-state index contributed by atoms with van der Waals surface area (Å²) in [6, 6.07) is 3.20. The van der Waals surface area contributed by atoms with E-state index in [0.29, 0.717) is 5.82 Å². The van der Waals surface area contributed by atoms with Gasteiger partial charge in [0.2, 0.25) is 0 Å². The zero-order valence-corrected chi connectivity index (χ0v) is 17.6. The summed E-state index contributed by atoms with van der Waals surface area (Å²) in [5.41, 5.74) is -1.23. The fourth-order valence-corrected chi connectivity index (χ4v) is 3.64. The van der Waals surface area contributed by atoms with Gasteiger partial charge in [0, 0.05) is 24.3 Å². The molecular formula is C21H21F4N5O2. The maximum absolute atomic E-state index is 14.4. The number of nitrogens with one attached hydrogen (secondary N) is 1. The van der Waals surface area contributed by atoms with Crippen LogP contribution in [0.25, 0.3) is 5.65 Å². The highest BCUT2D eigenvalue weighted by Gasteiger charge is 2.39. The number of benzene rings is 1. The number of alkyl halides is 3. The minimum absolute atomic E-state index is 0.0158. The van der Waals surface area contributed by atoms with Crippen molar-refractivity contribution in [2.45, 2.75) is 45.6 Å². The molecule has 0 spiro atoms. The van der Waals surface area contributed by atoms with Crippen LogP contribution in [0.5, 0.6) is 5.75 Å². The summed E-state index contributed by atoms with van der Waals surface area (Å²) >= 11 is 0. The molecule has 1 aliphatic rings. The molecule has 0 fully saturated rings.